The van der Waals surface area contributed by atoms with Gasteiger partial charge in [-0.3, -0.25) is 4.90 Å². The molecule has 1 aliphatic rings. The van der Waals surface area contributed by atoms with Gasteiger partial charge in [0.1, 0.15) is 11.5 Å². The van der Waals surface area contributed by atoms with E-state index in [9.17, 15) is 5.11 Å². The van der Waals surface area contributed by atoms with Crippen molar-refractivity contribution in [1.29, 1.82) is 0 Å². The highest BCUT2D eigenvalue weighted by Gasteiger charge is 2.29. The zero-order valence-electron chi connectivity index (χ0n) is 12.4. The molecule has 0 radical (unpaired) electrons. The van der Waals surface area contributed by atoms with E-state index in [4.69, 9.17) is 9.26 Å². The molecule has 1 atom stereocenters. The second-order valence-electron chi connectivity index (χ2n) is 5.46. The number of aromatic hydroxyl groups is 1. The molecule has 0 amide bonds. The Hall–Kier alpha value is -2.01. The number of rotatable bonds is 4. The molecule has 0 spiro atoms. The van der Waals surface area contributed by atoms with Crippen LogP contribution in [0.15, 0.2) is 28.8 Å². The van der Waals surface area contributed by atoms with Crippen LogP contribution in [0.1, 0.15) is 35.9 Å². The van der Waals surface area contributed by atoms with Gasteiger partial charge < -0.3 is 14.4 Å². The Morgan fingerprint density at radius 3 is 3.05 bits per heavy atom. The summed E-state index contributed by atoms with van der Waals surface area (Å²) in [7, 11) is 1.57. The first-order valence-corrected chi connectivity index (χ1v) is 7.21. The van der Waals surface area contributed by atoms with E-state index in [0.717, 1.165) is 36.4 Å². The van der Waals surface area contributed by atoms with Gasteiger partial charge in [0.2, 0.25) is 0 Å². The van der Waals surface area contributed by atoms with E-state index in [0.29, 0.717) is 12.3 Å². The number of aromatic nitrogens is 1. The lowest BCUT2D eigenvalue weighted by Gasteiger charge is -2.23. The van der Waals surface area contributed by atoms with Crippen molar-refractivity contribution in [2.75, 3.05) is 13.7 Å². The number of hydrogen-bond donors (Lipinski definition) is 1. The first-order valence-electron chi connectivity index (χ1n) is 7.21. The molecule has 3 rings (SSSR count). The molecule has 112 valence electrons. The van der Waals surface area contributed by atoms with E-state index < -0.39 is 0 Å². The molecule has 5 heteroatoms. The Morgan fingerprint density at radius 2 is 2.33 bits per heavy atom. The first kappa shape index (κ1) is 13.9. The summed E-state index contributed by atoms with van der Waals surface area (Å²) in [5.41, 5.74) is 1.86. The van der Waals surface area contributed by atoms with Crippen LogP contribution < -0.4 is 4.74 Å². The number of ether oxygens (including phenoxy) is 1. The van der Waals surface area contributed by atoms with E-state index in [-0.39, 0.29) is 11.8 Å². The lowest BCUT2D eigenvalue weighted by Crippen LogP contribution is -2.23. The highest BCUT2D eigenvalue weighted by atomic mass is 16.5. The maximum atomic E-state index is 10.2. The van der Waals surface area contributed by atoms with Gasteiger partial charge in [0.15, 0.2) is 11.5 Å². The SMILES string of the molecule is COc1cccc(CN2CCC[C@H]2c2cc(C)on2)c1O. The molecule has 1 fully saturated rings. The van der Waals surface area contributed by atoms with Crippen LogP contribution in [-0.2, 0) is 6.54 Å². The number of para-hydroxylation sites is 1. The van der Waals surface area contributed by atoms with Crippen LogP contribution in [0.25, 0.3) is 0 Å². The molecule has 1 N–H and O–H groups in total. The van der Waals surface area contributed by atoms with Gasteiger partial charge >= 0.3 is 0 Å². The maximum absolute atomic E-state index is 10.2. The van der Waals surface area contributed by atoms with Crippen molar-refractivity contribution in [3.05, 3.63) is 41.3 Å². The topological polar surface area (TPSA) is 58.7 Å². The molecule has 1 aromatic carbocycles. The average molecular weight is 288 g/mol. The molecule has 0 unspecified atom stereocenters. The Labute approximate surface area is 124 Å². The number of phenolic OH excluding ortho intramolecular Hbond substituents is 1. The molecule has 0 bridgehead atoms. The number of nitrogens with zero attached hydrogens (tertiary/aromatic N) is 2. The Balaban J connectivity index is 1.81. The van der Waals surface area contributed by atoms with Gasteiger partial charge in [-0.1, -0.05) is 17.3 Å². The van der Waals surface area contributed by atoms with Crippen LogP contribution in [0.4, 0.5) is 0 Å². The fourth-order valence-electron chi connectivity index (χ4n) is 2.97. The van der Waals surface area contributed by atoms with Crippen molar-refractivity contribution in [1.82, 2.24) is 10.1 Å². The number of methoxy groups -OCH3 is 1. The molecule has 2 aromatic rings. The molecule has 0 saturated carbocycles. The molecule has 21 heavy (non-hydrogen) atoms. The standard InChI is InChI=1S/C16H20N2O3/c1-11-9-13(17-21-11)14-6-4-8-18(14)10-12-5-3-7-15(20-2)16(12)19/h3,5,7,9,14,19H,4,6,8,10H2,1-2H3/t14-/m0/s1. The second kappa shape index (κ2) is 5.77. The van der Waals surface area contributed by atoms with Crippen molar-refractivity contribution in [2.24, 2.45) is 0 Å². The summed E-state index contributed by atoms with van der Waals surface area (Å²) in [6, 6.07) is 7.85. The van der Waals surface area contributed by atoms with Crippen LogP contribution in [0.2, 0.25) is 0 Å². The van der Waals surface area contributed by atoms with Crippen molar-refractivity contribution in [3.63, 3.8) is 0 Å². The van der Waals surface area contributed by atoms with E-state index in [2.05, 4.69) is 10.1 Å². The Morgan fingerprint density at radius 1 is 1.48 bits per heavy atom. The van der Waals surface area contributed by atoms with Crippen molar-refractivity contribution < 1.29 is 14.4 Å². The average Bonchev–Trinajstić information content (AvgIpc) is 3.10. The largest absolute Gasteiger partial charge is 0.504 e. The lowest BCUT2D eigenvalue weighted by molar-refractivity contribution is 0.233. The summed E-state index contributed by atoms with van der Waals surface area (Å²) >= 11 is 0. The Kier molecular flexibility index (Phi) is 3.84. The van der Waals surface area contributed by atoms with Gasteiger partial charge in [-0.2, -0.15) is 0 Å². The number of hydrogen-bond acceptors (Lipinski definition) is 5. The third-order valence-corrected chi connectivity index (χ3v) is 4.03. The van der Waals surface area contributed by atoms with Gasteiger partial charge in [0.05, 0.1) is 13.2 Å². The molecule has 1 saturated heterocycles. The summed E-state index contributed by atoms with van der Waals surface area (Å²) in [5.74, 6) is 1.57. The second-order valence-corrected chi connectivity index (χ2v) is 5.46. The van der Waals surface area contributed by atoms with Gasteiger partial charge in [-0.15, -0.1) is 0 Å². The Bertz CT molecular complexity index is 624. The van der Waals surface area contributed by atoms with Crippen LogP contribution in [-0.4, -0.2) is 28.8 Å². The van der Waals surface area contributed by atoms with E-state index in [1.165, 1.54) is 0 Å². The normalized spacial score (nSPS) is 19.0. The zero-order valence-corrected chi connectivity index (χ0v) is 12.4. The predicted molar refractivity (Wildman–Crippen MR) is 78.3 cm³/mol. The van der Waals surface area contributed by atoms with Gasteiger partial charge in [-0.05, 0) is 32.4 Å². The zero-order chi connectivity index (χ0) is 14.8. The molecule has 1 aromatic heterocycles. The molecular weight excluding hydrogens is 268 g/mol. The third kappa shape index (κ3) is 2.74. The van der Waals surface area contributed by atoms with Crippen LogP contribution in [0.3, 0.4) is 0 Å². The number of benzene rings is 1. The van der Waals surface area contributed by atoms with E-state index in [1.807, 2.05) is 25.1 Å². The highest BCUT2D eigenvalue weighted by Crippen LogP contribution is 2.36. The summed E-state index contributed by atoms with van der Waals surface area (Å²) in [4.78, 5) is 2.33. The molecule has 0 aliphatic carbocycles. The quantitative estimate of drug-likeness (QED) is 0.937. The van der Waals surface area contributed by atoms with Crippen LogP contribution in [0, 0.1) is 6.92 Å². The first-order chi connectivity index (χ1) is 10.2. The van der Waals surface area contributed by atoms with Gasteiger partial charge in [0, 0.05) is 18.2 Å². The van der Waals surface area contributed by atoms with E-state index >= 15 is 0 Å². The number of aryl methyl sites for hydroxylation is 1. The minimum Gasteiger partial charge on any atom is -0.504 e. The van der Waals surface area contributed by atoms with Crippen LogP contribution >= 0.6 is 0 Å². The minimum absolute atomic E-state index is 0.224. The fraction of sp³-hybridized carbons (Fsp3) is 0.438. The van der Waals surface area contributed by atoms with E-state index in [1.54, 1.807) is 13.2 Å². The smallest absolute Gasteiger partial charge is 0.162 e. The molecule has 2 heterocycles. The van der Waals surface area contributed by atoms with Gasteiger partial charge in [0.25, 0.3) is 0 Å². The van der Waals surface area contributed by atoms with Crippen molar-refractivity contribution in [2.45, 2.75) is 32.4 Å². The maximum Gasteiger partial charge on any atom is 0.162 e. The fourth-order valence-corrected chi connectivity index (χ4v) is 2.97. The molecule has 5 nitrogen and oxygen atoms in total. The summed E-state index contributed by atoms with van der Waals surface area (Å²) in [6.45, 7) is 3.58. The highest BCUT2D eigenvalue weighted by molar-refractivity contribution is 5.45. The predicted octanol–water partition coefficient (Wildman–Crippen LogP) is 3.03. The van der Waals surface area contributed by atoms with Gasteiger partial charge in [-0.25, -0.2) is 0 Å². The summed E-state index contributed by atoms with van der Waals surface area (Å²) in [5, 5.41) is 14.4. The number of phenols is 1. The minimum atomic E-state index is 0.224. The third-order valence-electron chi connectivity index (χ3n) is 4.03. The van der Waals surface area contributed by atoms with Crippen molar-refractivity contribution in [3.8, 4) is 11.5 Å². The molecule has 1 aliphatic heterocycles. The summed E-state index contributed by atoms with van der Waals surface area (Å²) < 4.78 is 10.4. The summed E-state index contributed by atoms with van der Waals surface area (Å²) in [6.07, 6.45) is 2.19. The van der Waals surface area contributed by atoms with Crippen LogP contribution in [0.5, 0.6) is 11.5 Å². The number of likely N-dealkylation sites (tertiary alicyclic amines) is 1. The lowest BCUT2D eigenvalue weighted by atomic mass is 10.1. The molecular formula is C16H20N2O3. The monoisotopic (exact) mass is 288 g/mol. The van der Waals surface area contributed by atoms with Crippen molar-refractivity contribution >= 4 is 0 Å².